The SMILES string of the molecule is O=C(SCC(O)COc1ccccc1)c1ccccc1. The Kier molecular flexibility index (Phi) is 5.65. The van der Waals surface area contributed by atoms with Crippen LogP contribution in [0.3, 0.4) is 0 Å². The third-order valence-electron chi connectivity index (χ3n) is 2.60. The van der Waals surface area contributed by atoms with Crippen molar-refractivity contribution in [2.45, 2.75) is 6.10 Å². The molecule has 0 heterocycles. The van der Waals surface area contributed by atoms with Gasteiger partial charge in [-0.25, -0.2) is 0 Å². The quantitative estimate of drug-likeness (QED) is 0.887. The summed E-state index contributed by atoms with van der Waals surface area (Å²) in [5.41, 5.74) is 0.647. The maximum atomic E-state index is 11.8. The molecule has 2 aromatic carbocycles. The molecule has 0 radical (unpaired) electrons. The van der Waals surface area contributed by atoms with Crippen LogP contribution in [0.25, 0.3) is 0 Å². The Balaban J connectivity index is 1.73. The monoisotopic (exact) mass is 288 g/mol. The first-order valence-corrected chi connectivity index (χ1v) is 7.32. The van der Waals surface area contributed by atoms with Gasteiger partial charge in [0, 0.05) is 11.3 Å². The molecule has 0 aromatic heterocycles. The predicted molar refractivity (Wildman–Crippen MR) is 81.2 cm³/mol. The fourth-order valence-electron chi connectivity index (χ4n) is 1.59. The Morgan fingerprint density at radius 1 is 1.05 bits per heavy atom. The zero-order valence-electron chi connectivity index (χ0n) is 10.9. The van der Waals surface area contributed by atoms with Crippen LogP contribution >= 0.6 is 11.8 Å². The van der Waals surface area contributed by atoms with E-state index in [0.717, 1.165) is 11.8 Å². The molecule has 3 nitrogen and oxygen atoms in total. The van der Waals surface area contributed by atoms with Crippen LogP contribution in [0, 0.1) is 0 Å². The zero-order chi connectivity index (χ0) is 14.2. The van der Waals surface area contributed by atoms with Gasteiger partial charge in [0.2, 0.25) is 5.12 Å². The summed E-state index contributed by atoms with van der Waals surface area (Å²) < 4.78 is 5.43. The lowest BCUT2D eigenvalue weighted by atomic mass is 10.2. The Morgan fingerprint density at radius 2 is 1.65 bits per heavy atom. The molecule has 20 heavy (non-hydrogen) atoms. The molecule has 0 bridgehead atoms. The van der Waals surface area contributed by atoms with Crippen LogP contribution in [0.15, 0.2) is 60.7 Å². The highest BCUT2D eigenvalue weighted by molar-refractivity contribution is 8.14. The highest BCUT2D eigenvalue weighted by Crippen LogP contribution is 2.14. The van der Waals surface area contributed by atoms with Gasteiger partial charge in [0.05, 0.1) is 6.10 Å². The highest BCUT2D eigenvalue weighted by atomic mass is 32.2. The standard InChI is InChI=1S/C16H16O3S/c17-14(11-19-15-9-5-2-6-10-15)12-20-16(18)13-7-3-1-4-8-13/h1-10,14,17H,11-12H2. The van der Waals surface area contributed by atoms with E-state index in [9.17, 15) is 9.90 Å². The van der Waals surface area contributed by atoms with Crippen molar-refractivity contribution >= 4 is 16.9 Å². The van der Waals surface area contributed by atoms with Crippen molar-refractivity contribution in [2.75, 3.05) is 12.4 Å². The van der Waals surface area contributed by atoms with Gasteiger partial charge >= 0.3 is 0 Å². The molecular formula is C16H16O3S. The van der Waals surface area contributed by atoms with Gasteiger partial charge in [-0.2, -0.15) is 0 Å². The number of hydrogen-bond acceptors (Lipinski definition) is 4. The van der Waals surface area contributed by atoms with Crippen molar-refractivity contribution in [3.8, 4) is 5.75 Å². The van der Waals surface area contributed by atoms with Gasteiger partial charge in [-0.05, 0) is 12.1 Å². The van der Waals surface area contributed by atoms with Crippen LogP contribution in [0.1, 0.15) is 10.4 Å². The molecule has 0 aliphatic rings. The molecule has 0 fully saturated rings. The number of benzene rings is 2. The largest absolute Gasteiger partial charge is 0.491 e. The number of thioether (sulfide) groups is 1. The highest BCUT2D eigenvalue weighted by Gasteiger charge is 2.11. The van der Waals surface area contributed by atoms with Gasteiger partial charge in [-0.3, -0.25) is 4.79 Å². The molecule has 4 heteroatoms. The second-order valence-corrected chi connectivity index (χ2v) is 5.24. The molecule has 0 amide bonds. The third-order valence-corrected chi connectivity index (χ3v) is 3.65. The normalized spacial score (nSPS) is 11.8. The van der Waals surface area contributed by atoms with Gasteiger partial charge in [-0.15, -0.1) is 0 Å². The molecule has 0 saturated carbocycles. The van der Waals surface area contributed by atoms with E-state index < -0.39 is 6.10 Å². The van der Waals surface area contributed by atoms with Gasteiger partial charge in [0.1, 0.15) is 12.4 Å². The molecule has 2 rings (SSSR count). The minimum Gasteiger partial charge on any atom is -0.491 e. The van der Waals surface area contributed by atoms with E-state index in [1.807, 2.05) is 48.5 Å². The lowest BCUT2D eigenvalue weighted by molar-refractivity contribution is 0.108. The summed E-state index contributed by atoms with van der Waals surface area (Å²) >= 11 is 1.10. The number of para-hydroxylation sites is 1. The average molecular weight is 288 g/mol. The summed E-state index contributed by atoms with van der Waals surface area (Å²) in [7, 11) is 0. The van der Waals surface area contributed by atoms with Crippen LogP contribution < -0.4 is 4.74 Å². The Morgan fingerprint density at radius 3 is 2.30 bits per heavy atom. The maximum Gasteiger partial charge on any atom is 0.219 e. The Hall–Kier alpha value is -1.78. The minimum atomic E-state index is -0.673. The number of carbonyl (C=O) groups excluding carboxylic acids is 1. The number of aliphatic hydroxyl groups excluding tert-OH is 1. The van der Waals surface area contributed by atoms with Crippen molar-refractivity contribution in [3.63, 3.8) is 0 Å². The zero-order valence-corrected chi connectivity index (χ0v) is 11.8. The molecule has 0 aliphatic carbocycles. The van der Waals surface area contributed by atoms with Crippen LogP contribution in [-0.4, -0.2) is 28.7 Å². The van der Waals surface area contributed by atoms with Gasteiger partial charge in [0.15, 0.2) is 0 Å². The van der Waals surface area contributed by atoms with E-state index in [-0.39, 0.29) is 11.7 Å². The summed E-state index contributed by atoms with van der Waals surface area (Å²) in [5, 5.41) is 9.77. The van der Waals surface area contributed by atoms with E-state index in [2.05, 4.69) is 0 Å². The van der Waals surface area contributed by atoms with Crippen molar-refractivity contribution in [2.24, 2.45) is 0 Å². The molecule has 1 unspecified atom stereocenters. The van der Waals surface area contributed by atoms with Crippen molar-refractivity contribution < 1.29 is 14.6 Å². The molecule has 0 aliphatic heterocycles. The molecule has 1 N–H and O–H groups in total. The fourth-order valence-corrected chi connectivity index (χ4v) is 2.33. The average Bonchev–Trinajstić information content (AvgIpc) is 2.52. The van der Waals surface area contributed by atoms with Crippen molar-refractivity contribution in [3.05, 3.63) is 66.2 Å². The summed E-state index contributed by atoms with van der Waals surface area (Å²) in [5.74, 6) is 1.03. The van der Waals surface area contributed by atoms with Crippen LogP contribution in [0.4, 0.5) is 0 Å². The summed E-state index contributed by atoms with van der Waals surface area (Å²) in [6, 6.07) is 18.3. The van der Waals surface area contributed by atoms with Crippen molar-refractivity contribution in [1.82, 2.24) is 0 Å². The molecule has 1 atom stereocenters. The second kappa shape index (κ2) is 7.72. The van der Waals surface area contributed by atoms with Crippen LogP contribution in [0.5, 0.6) is 5.75 Å². The number of hydrogen-bond donors (Lipinski definition) is 1. The maximum absolute atomic E-state index is 11.8. The number of rotatable bonds is 6. The lowest BCUT2D eigenvalue weighted by Crippen LogP contribution is -2.20. The summed E-state index contributed by atoms with van der Waals surface area (Å²) in [6.07, 6.45) is -0.673. The Bertz CT molecular complexity index is 528. The summed E-state index contributed by atoms with van der Waals surface area (Å²) in [4.78, 5) is 11.8. The molecule has 0 spiro atoms. The fraction of sp³-hybridized carbons (Fsp3) is 0.188. The second-order valence-electron chi connectivity index (χ2n) is 4.24. The van der Waals surface area contributed by atoms with Gasteiger partial charge in [0.25, 0.3) is 0 Å². The smallest absolute Gasteiger partial charge is 0.219 e. The molecular weight excluding hydrogens is 272 g/mol. The first-order valence-electron chi connectivity index (χ1n) is 6.34. The van der Waals surface area contributed by atoms with Crippen molar-refractivity contribution in [1.29, 1.82) is 0 Å². The molecule has 2 aromatic rings. The number of aliphatic hydroxyl groups is 1. The van der Waals surface area contributed by atoms with Gasteiger partial charge < -0.3 is 9.84 Å². The summed E-state index contributed by atoms with van der Waals surface area (Å²) in [6.45, 7) is 0.180. The van der Waals surface area contributed by atoms with Gasteiger partial charge in [-0.1, -0.05) is 60.3 Å². The van der Waals surface area contributed by atoms with Crippen LogP contribution in [-0.2, 0) is 0 Å². The number of carbonyl (C=O) groups is 1. The lowest BCUT2D eigenvalue weighted by Gasteiger charge is -2.11. The van der Waals surface area contributed by atoms with E-state index in [1.165, 1.54) is 0 Å². The van der Waals surface area contributed by atoms with E-state index in [1.54, 1.807) is 12.1 Å². The Labute approximate surface area is 122 Å². The first-order chi connectivity index (χ1) is 9.75. The third kappa shape index (κ3) is 4.72. The van der Waals surface area contributed by atoms with E-state index in [0.29, 0.717) is 17.1 Å². The molecule has 0 saturated heterocycles. The predicted octanol–water partition coefficient (Wildman–Crippen LogP) is 3.00. The van der Waals surface area contributed by atoms with E-state index in [4.69, 9.17) is 4.74 Å². The molecule has 104 valence electrons. The van der Waals surface area contributed by atoms with Crippen LogP contribution in [0.2, 0.25) is 0 Å². The topological polar surface area (TPSA) is 46.5 Å². The van der Waals surface area contributed by atoms with E-state index >= 15 is 0 Å². The number of ether oxygens (including phenoxy) is 1. The minimum absolute atomic E-state index is 0.0376. The first kappa shape index (κ1) is 14.6.